The summed E-state index contributed by atoms with van der Waals surface area (Å²) >= 11 is 2.09. The molecule has 9 nitrogen and oxygen atoms in total. The first-order valence-corrected chi connectivity index (χ1v) is 13.4. The van der Waals surface area contributed by atoms with Gasteiger partial charge in [0, 0.05) is 21.3 Å². The summed E-state index contributed by atoms with van der Waals surface area (Å²) in [4.78, 5) is 37.5. The summed E-state index contributed by atoms with van der Waals surface area (Å²) < 4.78 is 12.4. The van der Waals surface area contributed by atoms with Crippen LogP contribution >= 0.6 is 22.6 Å². The molecule has 0 aliphatic heterocycles. The zero-order valence-electron chi connectivity index (χ0n) is 21.3. The van der Waals surface area contributed by atoms with Crippen LogP contribution in [0.3, 0.4) is 0 Å². The maximum atomic E-state index is 12.8. The molecule has 3 aromatic rings. The minimum Gasteiger partial charge on any atom is -0.508 e. The van der Waals surface area contributed by atoms with Crippen LogP contribution in [0.5, 0.6) is 5.75 Å². The number of amides is 3. The summed E-state index contributed by atoms with van der Waals surface area (Å²) in [6.07, 6.45) is 1.11. The summed E-state index contributed by atoms with van der Waals surface area (Å²) in [5.41, 5.74) is 7.47. The first-order valence-electron chi connectivity index (χ1n) is 12.3. The summed E-state index contributed by atoms with van der Waals surface area (Å²) in [5.74, 6) is -1.04. The number of imide groups is 1. The molecule has 3 rings (SSSR count). The standard InChI is InChI=1S/C29H30IN3O6/c1-2-38-25(14-8-9-15-26(35)32-23-13-7-6-12-22(23)31)27(21-18-20(30)16-17-24(21)34)39-29(37)33-28(36)19-10-4-3-5-11-19/h3-7,9-13,15-18,25,27,34H,2,8,14,31H2,1H3,(H,32,35)(H,33,36,37)/b15-9+/t25-,27-/m1/s1. The molecule has 0 aromatic heterocycles. The van der Waals surface area contributed by atoms with E-state index in [9.17, 15) is 19.5 Å². The molecule has 2 atom stereocenters. The fourth-order valence-corrected chi connectivity index (χ4v) is 4.28. The highest BCUT2D eigenvalue weighted by Crippen LogP contribution is 2.34. The van der Waals surface area contributed by atoms with Crippen molar-refractivity contribution >= 4 is 51.9 Å². The largest absolute Gasteiger partial charge is 0.508 e. The van der Waals surface area contributed by atoms with Crippen molar-refractivity contribution in [3.05, 3.63) is 99.6 Å². The van der Waals surface area contributed by atoms with Crippen LogP contribution in [-0.4, -0.2) is 35.7 Å². The van der Waals surface area contributed by atoms with Gasteiger partial charge in [-0.3, -0.25) is 14.9 Å². The van der Waals surface area contributed by atoms with Gasteiger partial charge in [-0.25, -0.2) is 4.79 Å². The number of benzene rings is 3. The van der Waals surface area contributed by atoms with Gasteiger partial charge in [-0.1, -0.05) is 36.4 Å². The number of nitrogens with one attached hydrogen (secondary N) is 2. The van der Waals surface area contributed by atoms with Gasteiger partial charge in [0.15, 0.2) is 6.10 Å². The van der Waals surface area contributed by atoms with E-state index in [-0.39, 0.29) is 11.7 Å². The number of nitrogens with two attached hydrogens (primary N) is 1. The highest BCUT2D eigenvalue weighted by Gasteiger charge is 2.30. The van der Waals surface area contributed by atoms with Crippen molar-refractivity contribution < 1.29 is 29.0 Å². The summed E-state index contributed by atoms with van der Waals surface area (Å²) in [5, 5.41) is 15.5. The van der Waals surface area contributed by atoms with Crippen LogP contribution in [0.25, 0.3) is 0 Å². The van der Waals surface area contributed by atoms with E-state index in [4.69, 9.17) is 15.2 Å². The molecule has 0 saturated heterocycles. The van der Waals surface area contributed by atoms with Crippen molar-refractivity contribution in [1.29, 1.82) is 0 Å². The van der Waals surface area contributed by atoms with E-state index in [1.54, 1.807) is 79.7 Å². The Labute approximate surface area is 240 Å². The number of rotatable bonds is 11. The Morgan fingerprint density at radius 1 is 1.05 bits per heavy atom. The third kappa shape index (κ3) is 9.11. The Bertz CT molecular complexity index is 1320. The van der Waals surface area contributed by atoms with E-state index >= 15 is 0 Å². The maximum Gasteiger partial charge on any atom is 0.414 e. The lowest BCUT2D eigenvalue weighted by Crippen LogP contribution is -2.35. The number of hydrogen-bond acceptors (Lipinski definition) is 7. The molecule has 0 radical (unpaired) electrons. The van der Waals surface area contributed by atoms with Crippen molar-refractivity contribution in [3.63, 3.8) is 0 Å². The van der Waals surface area contributed by atoms with Gasteiger partial charge in [-0.05, 0) is 90.9 Å². The second-order valence-corrected chi connectivity index (χ2v) is 9.64. The van der Waals surface area contributed by atoms with Crippen LogP contribution in [-0.2, 0) is 14.3 Å². The van der Waals surface area contributed by atoms with Gasteiger partial charge < -0.3 is 25.6 Å². The van der Waals surface area contributed by atoms with Crippen molar-refractivity contribution in [2.45, 2.75) is 32.0 Å². The van der Waals surface area contributed by atoms with Gasteiger partial charge in [0.2, 0.25) is 5.91 Å². The third-order valence-corrected chi connectivity index (χ3v) is 6.28. The second-order valence-electron chi connectivity index (χ2n) is 8.40. The lowest BCUT2D eigenvalue weighted by molar-refractivity contribution is -0.111. The number of aromatic hydroxyl groups is 1. The SMILES string of the molecule is CCO[C@H](CC/C=C/C(=O)Nc1ccccc1N)[C@H](OC(=O)NC(=O)c1ccccc1)c1cc(I)ccc1O. The summed E-state index contributed by atoms with van der Waals surface area (Å²) in [6, 6.07) is 20.1. The molecule has 10 heteroatoms. The molecule has 204 valence electrons. The van der Waals surface area contributed by atoms with Crippen LogP contribution in [0.15, 0.2) is 84.9 Å². The number of phenols is 1. The quantitative estimate of drug-likeness (QED) is 0.122. The zero-order chi connectivity index (χ0) is 28.2. The molecule has 0 unspecified atom stereocenters. The Kier molecular flexibility index (Phi) is 11.3. The lowest BCUT2D eigenvalue weighted by atomic mass is 9.99. The minimum atomic E-state index is -1.03. The van der Waals surface area contributed by atoms with Gasteiger partial charge in [-0.2, -0.15) is 0 Å². The lowest BCUT2D eigenvalue weighted by Gasteiger charge is -2.27. The fraction of sp³-hybridized carbons (Fsp3) is 0.207. The van der Waals surface area contributed by atoms with E-state index in [1.165, 1.54) is 12.1 Å². The first-order chi connectivity index (χ1) is 18.8. The van der Waals surface area contributed by atoms with Crippen LogP contribution in [0.2, 0.25) is 0 Å². The Balaban J connectivity index is 1.73. The number of nitrogen functional groups attached to an aromatic ring is 1. The van der Waals surface area contributed by atoms with Crippen LogP contribution in [0, 0.1) is 3.57 Å². The summed E-state index contributed by atoms with van der Waals surface area (Å²) in [6.45, 7) is 2.10. The number of para-hydroxylation sites is 2. The number of halogens is 1. The molecule has 3 aromatic carbocycles. The predicted molar refractivity (Wildman–Crippen MR) is 157 cm³/mol. The van der Waals surface area contributed by atoms with Gasteiger partial charge in [-0.15, -0.1) is 0 Å². The molecule has 0 bridgehead atoms. The molecule has 0 saturated carbocycles. The molecular weight excluding hydrogens is 613 g/mol. The first kappa shape index (κ1) is 29.7. The molecule has 0 fully saturated rings. The van der Waals surface area contributed by atoms with Gasteiger partial charge in [0.1, 0.15) is 5.75 Å². The van der Waals surface area contributed by atoms with Gasteiger partial charge in [0.25, 0.3) is 5.91 Å². The molecule has 5 N–H and O–H groups in total. The van der Waals surface area contributed by atoms with Crippen LogP contribution in [0.4, 0.5) is 16.2 Å². The number of carbonyl (C=O) groups is 3. The predicted octanol–water partition coefficient (Wildman–Crippen LogP) is 5.57. The number of carbonyl (C=O) groups excluding carboxylic acids is 3. The Morgan fingerprint density at radius 3 is 2.49 bits per heavy atom. The van der Waals surface area contributed by atoms with Gasteiger partial charge >= 0.3 is 6.09 Å². The number of allylic oxidation sites excluding steroid dienone is 1. The monoisotopic (exact) mass is 643 g/mol. The number of ether oxygens (including phenoxy) is 2. The Morgan fingerprint density at radius 2 is 1.77 bits per heavy atom. The van der Waals surface area contributed by atoms with Crippen LogP contribution < -0.4 is 16.4 Å². The number of phenolic OH excluding ortho intramolecular Hbond substituents is 1. The van der Waals surface area contributed by atoms with E-state index in [2.05, 4.69) is 33.2 Å². The number of alkyl carbamates (subject to hydrolysis) is 1. The van der Waals surface area contributed by atoms with E-state index in [1.807, 2.05) is 0 Å². The molecule has 0 spiro atoms. The van der Waals surface area contributed by atoms with E-state index < -0.39 is 24.2 Å². The van der Waals surface area contributed by atoms with Crippen molar-refractivity contribution in [1.82, 2.24) is 5.32 Å². The highest BCUT2D eigenvalue weighted by atomic mass is 127. The van der Waals surface area contributed by atoms with E-state index in [0.29, 0.717) is 42.0 Å². The fourth-order valence-electron chi connectivity index (χ4n) is 3.76. The molecule has 0 aliphatic carbocycles. The normalized spacial score (nSPS) is 12.5. The number of hydrogen-bond donors (Lipinski definition) is 4. The Hall–Kier alpha value is -3.90. The average Bonchev–Trinajstić information content (AvgIpc) is 2.92. The molecule has 39 heavy (non-hydrogen) atoms. The average molecular weight is 643 g/mol. The molecular formula is C29H30IN3O6. The molecule has 3 amide bonds. The smallest absolute Gasteiger partial charge is 0.414 e. The van der Waals surface area contributed by atoms with Crippen molar-refractivity contribution in [3.8, 4) is 5.75 Å². The van der Waals surface area contributed by atoms with Crippen LogP contribution in [0.1, 0.15) is 41.8 Å². The number of anilines is 2. The van der Waals surface area contributed by atoms with Crippen molar-refractivity contribution in [2.24, 2.45) is 0 Å². The summed E-state index contributed by atoms with van der Waals surface area (Å²) in [7, 11) is 0. The van der Waals surface area contributed by atoms with Crippen molar-refractivity contribution in [2.75, 3.05) is 17.7 Å². The second kappa shape index (κ2) is 14.9. The maximum absolute atomic E-state index is 12.8. The minimum absolute atomic E-state index is 0.0809. The van der Waals surface area contributed by atoms with E-state index in [0.717, 1.165) is 3.57 Å². The topological polar surface area (TPSA) is 140 Å². The van der Waals surface area contributed by atoms with Gasteiger partial charge in [0.05, 0.1) is 17.5 Å². The molecule has 0 aliphatic rings. The highest BCUT2D eigenvalue weighted by molar-refractivity contribution is 14.1. The molecule has 0 heterocycles. The zero-order valence-corrected chi connectivity index (χ0v) is 23.5. The third-order valence-electron chi connectivity index (χ3n) is 5.61.